The molecule has 0 aliphatic carbocycles. The smallest absolute Gasteiger partial charge is 0.327 e. The van der Waals surface area contributed by atoms with Gasteiger partial charge in [-0.3, -0.25) is 4.90 Å². The first-order valence-electron chi connectivity index (χ1n) is 9.97. The summed E-state index contributed by atoms with van der Waals surface area (Å²) in [6.07, 6.45) is 3.97. The van der Waals surface area contributed by atoms with Gasteiger partial charge in [-0.15, -0.1) is 0 Å². The van der Waals surface area contributed by atoms with Crippen LogP contribution in [-0.2, 0) is 16.1 Å². The van der Waals surface area contributed by atoms with Crippen molar-refractivity contribution >= 4 is 12.0 Å². The average molecular weight is 383 g/mol. The summed E-state index contributed by atoms with van der Waals surface area (Å²) in [5.74, 6) is -0.198. The Balaban J connectivity index is 1.66. The molecular weight excluding hydrogens is 358 g/mol. The molecule has 0 unspecified atom stereocenters. The van der Waals surface area contributed by atoms with Crippen molar-refractivity contribution in [3.8, 4) is 0 Å². The molecule has 0 radical (unpaired) electrons. The van der Waals surface area contributed by atoms with Crippen LogP contribution in [-0.4, -0.2) is 23.5 Å². The highest BCUT2D eigenvalue weighted by atomic mass is 16.5. The van der Waals surface area contributed by atoms with Crippen LogP contribution in [0.1, 0.15) is 28.3 Å². The monoisotopic (exact) mass is 383 g/mol. The maximum Gasteiger partial charge on any atom is 0.327 e. The van der Waals surface area contributed by atoms with E-state index in [1.54, 1.807) is 0 Å². The first kappa shape index (κ1) is 19.2. The SMILES string of the molecule is Cc1ccc(/C=C/[C@@H]2C(=O)OC[C@@H](c3ccccc3)N2Cc2ccccc2)cc1. The number of aryl methyl sites for hydroxylation is 1. The summed E-state index contributed by atoms with van der Waals surface area (Å²) in [7, 11) is 0. The molecule has 3 heteroatoms. The third-order valence-electron chi connectivity index (χ3n) is 5.32. The fourth-order valence-corrected chi connectivity index (χ4v) is 3.71. The number of nitrogens with zero attached hydrogens (tertiary/aromatic N) is 1. The average Bonchev–Trinajstić information content (AvgIpc) is 2.76. The Bertz CT molecular complexity index is 965. The number of benzene rings is 3. The summed E-state index contributed by atoms with van der Waals surface area (Å²) >= 11 is 0. The van der Waals surface area contributed by atoms with Gasteiger partial charge in [0.2, 0.25) is 0 Å². The molecule has 3 nitrogen and oxygen atoms in total. The maximum atomic E-state index is 12.7. The Labute approximate surface area is 172 Å². The van der Waals surface area contributed by atoms with Crippen LogP contribution in [0.25, 0.3) is 6.08 Å². The Kier molecular flexibility index (Phi) is 5.87. The van der Waals surface area contributed by atoms with Crippen LogP contribution in [0.5, 0.6) is 0 Å². The standard InChI is InChI=1S/C26H25NO2/c1-20-12-14-21(15-13-20)16-17-24-26(28)29-19-25(23-10-6-3-7-11-23)27(24)18-22-8-4-2-5-9-22/h2-17,24-25H,18-19H2,1H3/b17-16+/t24-,25+/m1/s1. The molecule has 0 spiro atoms. The Morgan fingerprint density at radius 1 is 0.931 bits per heavy atom. The summed E-state index contributed by atoms with van der Waals surface area (Å²) in [6.45, 7) is 3.11. The van der Waals surface area contributed by atoms with E-state index in [4.69, 9.17) is 4.74 Å². The zero-order chi connectivity index (χ0) is 20.1. The lowest BCUT2D eigenvalue weighted by atomic mass is 9.99. The van der Waals surface area contributed by atoms with Crippen molar-refractivity contribution in [1.82, 2.24) is 4.90 Å². The molecule has 1 heterocycles. The second-order valence-electron chi connectivity index (χ2n) is 7.43. The number of carbonyl (C=O) groups excluding carboxylic acids is 1. The normalized spacial score (nSPS) is 20.0. The van der Waals surface area contributed by atoms with E-state index >= 15 is 0 Å². The van der Waals surface area contributed by atoms with E-state index in [0.29, 0.717) is 13.2 Å². The van der Waals surface area contributed by atoms with Gasteiger partial charge < -0.3 is 4.74 Å². The van der Waals surface area contributed by atoms with E-state index in [1.807, 2.05) is 48.6 Å². The van der Waals surface area contributed by atoms with Crippen LogP contribution >= 0.6 is 0 Å². The van der Waals surface area contributed by atoms with E-state index in [1.165, 1.54) is 11.1 Å². The molecular formula is C26H25NO2. The fraction of sp³-hybridized carbons (Fsp3) is 0.192. The van der Waals surface area contributed by atoms with Gasteiger partial charge in [-0.25, -0.2) is 4.79 Å². The van der Waals surface area contributed by atoms with Crippen molar-refractivity contribution in [2.75, 3.05) is 6.61 Å². The van der Waals surface area contributed by atoms with Crippen LogP contribution in [0.4, 0.5) is 0 Å². The summed E-state index contributed by atoms with van der Waals surface area (Å²) in [4.78, 5) is 15.0. The van der Waals surface area contributed by atoms with Gasteiger partial charge in [0.25, 0.3) is 0 Å². The third kappa shape index (κ3) is 4.64. The van der Waals surface area contributed by atoms with Crippen LogP contribution < -0.4 is 0 Å². The van der Waals surface area contributed by atoms with Crippen molar-refractivity contribution in [2.24, 2.45) is 0 Å². The highest BCUT2D eigenvalue weighted by Crippen LogP contribution is 2.30. The molecule has 3 aromatic carbocycles. The van der Waals surface area contributed by atoms with Gasteiger partial charge in [-0.2, -0.15) is 0 Å². The van der Waals surface area contributed by atoms with Gasteiger partial charge in [-0.05, 0) is 23.6 Å². The van der Waals surface area contributed by atoms with Gasteiger partial charge in [0.05, 0.1) is 6.04 Å². The number of cyclic esters (lactones) is 1. The van der Waals surface area contributed by atoms with Crippen LogP contribution in [0.2, 0.25) is 0 Å². The van der Waals surface area contributed by atoms with Gasteiger partial charge in [0, 0.05) is 6.54 Å². The van der Waals surface area contributed by atoms with Crippen LogP contribution in [0, 0.1) is 6.92 Å². The van der Waals surface area contributed by atoms with Gasteiger partial charge >= 0.3 is 5.97 Å². The quantitative estimate of drug-likeness (QED) is 0.569. The predicted octanol–water partition coefficient (Wildman–Crippen LogP) is 5.18. The number of hydrogen-bond acceptors (Lipinski definition) is 3. The highest BCUT2D eigenvalue weighted by molar-refractivity contribution is 5.80. The first-order valence-corrected chi connectivity index (χ1v) is 9.97. The zero-order valence-electron chi connectivity index (χ0n) is 16.6. The maximum absolute atomic E-state index is 12.7. The van der Waals surface area contributed by atoms with E-state index in [0.717, 1.165) is 11.1 Å². The van der Waals surface area contributed by atoms with Crippen LogP contribution in [0.15, 0.2) is 91.0 Å². The first-order chi connectivity index (χ1) is 14.2. The topological polar surface area (TPSA) is 29.5 Å². The lowest BCUT2D eigenvalue weighted by Gasteiger charge is -2.39. The molecule has 2 atom stereocenters. The zero-order valence-corrected chi connectivity index (χ0v) is 16.6. The highest BCUT2D eigenvalue weighted by Gasteiger charge is 2.37. The van der Waals surface area contributed by atoms with Crippen molar-refractivity contribution in [1.29, 1.82) is 0 Å². The summed E-state index contributed by atoms with van der Waals surface area (Å²) < 4.78 is 5.60. The van der Waals surface area contributed by atoms with Crippen molar-refractivity contribution in [3.63, 3.8) is 0 Å². The lowest BCUT2D eigenvalue weighted by molar-refractivity contribution is -0.160. The molecule has 0 bridgehead atoms. The van der Waals surface area contributed by atoms with Crippen LogP contribution in [0.3, 0.4) is 0 Å². The molecule has 1 aliphatic rings. The van der Waals surface area contributed by atoms with E-state index in [9.17, 15) is 4.79 Å². The minimum Gasteiger partial charge on any atom is -0.462 e. The summed E-state index contributed by atoms with van der Waals surface area (Å²) in [5, 5.41) is 0. The van der Waals surface area contributed by atoms with E-state index in [2.05, 4.69) is 60.4 Å². The largest absolute Gasteiger partial charge is 0.462 e. The molecule has 0 saturated carbocycles. The Morgan fingerprint density at radius 2 is 1.59 bits per heavy atom. The molecule has 1 fully saturated rings. The summed E-state index contributed by atoms with van der Waals surface area (Å²) in [6, 6.07) is 28.4. The second-order valence-corrected chi connectivity index (χ2v) is 7.43. The van der Waals surface area contributed by atoms with E-state index < -0.39 is 6.04 Å². The van der Waals surface area contributed by atoms with E-state index in [-0.39, 0.29) is 12.0 Å². The Morgan fingerprint density at radius 3 is 2.28 bits per heavy atom. The van der Waals surface area contributed by atoms with Crippen molar-refractivity contribution in [2.45, 2.75) is 25.6 Å². The molecule has 29 heavy (non-hydrogen) atoms. The minimum atomic E-state index is -0.435. The van der Waals surface area contributed by atoms with Gasteiger partial charge in [0.15, 0.2) is 0 Å². The number of hydrogen-bond donors (Lipinski definition) is 0. The molecule has 0 amide bonds. The third-order valence-corrected chi connectivity index (χ3v) is 5.32. The molecule has 3 aromatic rings. The minimum absolute atomic E-state index is 0.0155. The molecule has 0 aromatic heterocycles. The molecule has 0 N–H and O–H groups in total. The van der Waals surface area contributed by atoms with Gasteiger partial charge in [0.1, 0.15) is 12.6 Å². The molecule has 4 rings (SSSR count). The molecule has 1 aliphatic heterocycles. The number of carbonyl (C=O) groups is 1. The second kappa shape index (κ2) is 8.89. The number of rotatable bonds is 5. The fourth-order valence-electron chi connectivity index (χ4n) is 3.71. The number of ether oxygens (including phenoxy) is 1. The number of morpholine rings is 1. The van der Waals surface area contributed by atoms with Crippen molar-refractivity contribution < 1.29 is 9.53 Å². The number of esters is 1. The predicted molar refractivity (Wildman–Crippen MR) is 116 cm³/mol. The summed E-state index contributed by atoms with van der Waals surface area (Å²) in [5.41, 5.74) is 4.63. The Hall–Kier alpha value is -3.17. The van der Waals surface area contributed by atoms with Gasteiger partial charge in [-0.1, -0.05) is 103 Å². The van der Waals surface area contributed by atoms with Crippen molar-refractivity contribution in [3.05, 3.63) is 113 Å². The molecule has 1 saturated heterocycles. The lowest BCUT2D eigenvalue weighted by Crippen LogP contribution is -2.49. The molecule has 146 valence electrons.